The molecule has 3 heterocycles. The van der Waals surface area contributed by atoms with Gasteiger partial charge >= 0.3 is 0 Å². The van der Waals surface area contributed by atoms with E-state index in [0.29, 0.717) is 24.3 Å². The van der Waals surface area contributed by atoms with Gasteiger partial charge in [0.05, 0.1) is 23.6 Å². The molecule has 0 spiro atoms. The minimum atomic E-state index is -0.718. The minimum absolute atomic E-state index is 0.00908. The second kappa shape index (κ2) is 8.74. The summed E-state index contributed by atoms with van der Waals surface area (Å²) in [6.45, 7) is 2.60. The van der Waals surface area contributed by atoms with Gasteiger partial charge in [-0.25, -0.2) is 8.78 Å². The number of aryl methyl sites for hydroxylation is 1. The Hall–Kier alpha value is -4.01. The van der Waals surface area contributed by atoms with E-state index in [0.717, 1.165) is 11.8 Å². The molecular formula is C25H21F2N3O4. The normalized spacial score (nSPS) is 15.1. The minimum Gasteiger partial charge on any atom is -0.490 e. The lowest BCUT2D eigenvalue weighted by Crippen LogP contribution is -2.52. The van der Waals surface area contributed by atoms with E-state index in [4.69, 9.17) is 9.47 Å². The van der Waals surface area contributed by atoms with Crippen molar-refractivity contribution in [3.05, 3.63) is 71.4 Å². The summed E-state index contributed by atoms with van der Waals surface area (Å²) in [7, 11) is 0. The van der Waals surface area contributed by atoms with Gasteiger partial charge in [-0.2, -0.15) is 0 Å². The van der Waals surface area contributed by atoms with E-state index >= 15 is 0 Å². The summed E-state index contributed by atoms with van der Waals surface area (Å²) in [6.07, 6.45) is 0. The first-order chi connectivity index (χ1) is 16.4. The third kappa shape index (κ3) is 4.28. The van der Waals surface area contributed by atoms with Crippen molar-refractivity contribution in [3.8, 4) is 22.8 Å². The SMILES string of the molecule is Cc1cccc(-c2ccc(OCC3CN(C(=O)c4cc5c(cc4F)OCC(=O)N5)C3)c(F)c2)n1. The molecule has 0 atom stereocenters. The molecule has 1 fully saturated rings. The van der Waals surface area contributed by atoms with Gasteiger partial charge in [-0.3, -0.25) is 14.6 Å². The van der Waals surface area contributed by atoms with E-state index in [1.165, 1.54) is 17.0 Å². The van der Waals surface area contributed by atoms with Gasteiger partial charge in [-0.1, -0.05) is 6.07 Å². The number of hydrogen-bond donors (Lipinski definition) is 1. The lowest BCUT2D eigenvalue weighted by Gasteiger charge is -2.39. The lowest BCUT2D eigenvalue weighted by atomic mass is 9.99. The Labute approximate surface area is 194 Å². The Morgan fingerprint density at radius 1 is 1.18 bits per heavy atom. The number of fused-ring (bicyclic) bond motifs is 1. The summed E-state index contributed by atoms with van der Waals surface area (Å²) in [5.41, 5.74) is 2.30. The van der Waals surface area contributed by atoms with E-state index in [1.54, 1.807) is 12.1 Å². The predicted octanol–water partition coefficient (Wildman–Crippen LogP) is 3.82. The summed E-state index contributed by atoms with van der Waals surface area (Å²) in [5, 5.41) is 2.57. The molecule has 0 unspecified atom stereocenters. The van der Waals surface area contributed by atoms with E-state index in [1.807, 2.05) is 25.1 Å². The molecule has 0 saturated carbocycles. The molecule has 0 bridgehead atoms. The summed E-state index contributed by atoms with van der Waals surface area (Å²) >= 11 is 0. The lowest BCUT2D eigenvalue weighted by molar-refractivity contribution is -0.118. The fourth-order valence-corrected chi connectivity index (χ4v) is 3.97. The number of amides is 2. The topological polar surface area (TPSA) is 80.8 Å². The first kappa shape index (κ1) is 21.8. The van der Waals surface area contributed by atoms with Crippen molar-refractivity contribution >= 4 is 17.5 Å². The molecule has 9 heteroatoms. The monoisotopic (exact) mass is 465 g/mol. The Balaban J connectivity index is 1.18. The average molecular weight is 465 g/mol. The number of nitrogens with one attached hydrogen (secondary N) is 1. The number of benzene rings is 2. The van der Waals surface area contributed by atoms with Crippen LogP contribution >= 0.6 is 0 Å². The van der Waals surface area contributed by atoms with Gasteiger partial charge in [0.25, 0.3) is 11.8 Å². The van der Waals surface area contributed by atoms with Crippen LogP contribution in [-0.2, 0) is 4.79 Å². The van der Waals surface area contributed by atoms with E-state index in [-0.39, 0.29) is 47.8 Å². The zero-order valence-electron chi connectivity index (χ0n) is 18.3. The molecule has 3 aromatic rings. The number of nitrogens with zero attached hydrogens (tertiary/aromatic N) is 2. The van der Waals surface area contributed by atoms with Crippen molar-refractivity contribution in [1.82, 2.24) is 9.88 Å². The van der Waals surface area contributed by atoms with Crippen molar-refractivity contribution in [2.75, 3.05) is 31.6 Å². The zero-order valence-corrected chi connectivity index (χ0v) is 18.3. The largest absolute Gasteiger partial charge is 0.490 e. The highest BCUT2D eigenvalue weighted by atomic mass is 19.1. The van der Waals surface area contributed by atoms with Gasteiger partial charge in [0.15, 0.2) is 18.2 Å². The van der Waals surface area contributed by atoms with Crippen LogP contribution in [0.1, 0.15) is 16.1 Å². The molecule has 0 aliphatic carbocycles. The molecule has 2 amide bonds. The fourth-order valence-electron chi connectivity index (χ4n) is 3.97. The number of hydrogen-bond acceptors (Lipinski definition) is 5. The molecule has 1 N–H and O–H groups in total. The van der Waals surface area contributed by atoms with Crippen LogP contribution in [0.4, 0.5) is 14.5 Å². The number of aromatic nitrogens is 1. The fraction of sp³-hybridized carbons (Fsp3) is 0.240. The molecule has 5 rings (SSSR count). The van der Waals surface area contributed by atoms with Gasteiger partial charge in [-0.05, 0) is 43.3 Å². The Morgan fingerprint density at radius 2 is 2.00 bits per heavy atom. The van der Waals surface area contributed by atoms with Crippen molar-refractivity contribution < 1.29 is 27.8 Å². The summed E-state index contributed by atoms with van der Waals surface area (Å²) in [6, 6.07) is 12.6. The van der Waals surface area contributed by atoms with Gasteiger partial charge in [0.1, 0.15) is 11.6 Å². The molecule has 2 aromatic carbocycles. The maximum atomic E-state index is 14.5. The van der Waals surface area contributed by atoms with E-state index < -0.39 is 17.5 Å². The third-order valence-corrected chi connectivity index (χ3v) is 5.77. The van der Waals surface area contributed by atoms with Gasteiger partial charge < -0.3 is 19.7 Å². The summed E-state index contributed by atoms with van der Waals surface area (Å²) < 4.78 is 39.8. The van der Waals surface area contributed by atoms with Crippen molar-refractivity contribution in [2.45, 2.75) is 6.92 Å². The predicted molar refractivity (Wildman–Crippen MR) is 120 cm³/mol. The van der Waals surface area contributed by atoms with Gasteiger partial charge in [-0.15, -0.1) is 0 Å². The number of likely N-dealkylation sites (tertiary alicyclic amines) is 1. The van der Waals surface area contributed by atoms with Gasteiger partial charge in [0, 0.05) is 36.3 Å². The molecule has 1 saturated heterocycles. The Kier molecular flexibility index (Phi) is 5.61. The second-order valence-electron chi connectivity index (χ2n) is 8.36. The zero-order chi connectivity index (χ0) is 23.8. The number of pyridine rings is 1. The summed E-state index contributed by atoms with van der Waals surface area (Å²) in [4.78, 5) is 30.1. The standard InChI is InChI=1S/C25H21F2N3O4/c1-14-3-2-4-20(28-14)16-5-6-22(19(27)7-16)33-12-15-10-30(11-15)25(32)17-8-21-23(9-18(17)26)34-13-24(31)29-21/h2-9,15H,10-13H2,1H3,(H,29,31). The van der Waals surface area contributed by atoms with Crippen LogP contribution in [0.3, 0.4) is 0 Å². The van der Waals surface area contributed by atoms with E-state index in [2.05, 4.69) is 10.3 Å². The van der Waals surface area contributed by atoms with Gasteiger partial charge in [0.2, 0.25) is 0 Å². The van der Waals surface area contributed by atoms with Crippen LogP contribution in [0.2, 0.25) is 0 Å². The molecule has 2 aliphatic heterocycles. The van der Waals surface area contributed by atoms with Crippen LogP contribution in [0.5, 0.6) is 11.5 Å². The van der Waals surface area contributed by atoms with Crippen LogP contribution in [0.15, 0.2) is 48.5 Å². The summed E-state index contributed by atoms with van der Waals surface area (Å²) in [5.74, 6) is -1.76. The van der Waals surface area contributed by atoms with Crippen LogP contribution in [0.25, 0.3) is 11.3 Å². The Morgan fingerprint density at radius 3 is 2.76 bits per heavy atom. The number of halogens is 2. The average Bonchev–Trinajstić information content (AvgIpc) is 2.78. The van der Waals surface area contributed by atoms with Crippen LogP contribution < -0.4 is 14.8 Å². The first-order valence-electron chi connectivity index (χ1n) is 10.8. The Bertz CT molecular complexity index is 1290. The highest BCUT2D eigenvalue weighted by Gasteiger charge is 2.34. The first-order valence-corrected chi connectivity index (χ1v) is 10.8. The quantitative estimate of drug-likeness (QED) is 0.620. The van der Waals surface area contributed by atoms with Crippen molar-refractivity contribution in [3.63, 3.8) is 0 Å². The number of rotatable bonds is 5. The second-order valence-corrected chi connectivity index (χ2v) is 8.36. The number of ether oxygens (including phenoxy) is 2. The molecule has 174 valence electrons. The smallest absolute Gasteiger partial charge is 0.262 e. The van der Waals surface area contributed by atoms with Crippen LogP contribution in [0, 0.1) is 24.5 Å². The number of carbonyl (C=O) groups is 2. The number of anilines is 1. The molecular weight excluding hydrogens is 444 g/mol. The maximum absolute atomic E-state index is 14.5. The highest BCUT2D eigenvalue weighted by molar-refractivity contribution is 6.00. The molecule has 2 aliphatic rings. The van der Waals surface area contributed by atoms with Crippen molar-refractivity contribution in [1.29, 1.82) is 0 Å². The third-order valence-electron chi connectivity index (χ3n) is 5.77. The van der Waals surface area contributed by atoms with Crippen molar-refractivity contribution in [2.24, 2.45) is 5.92 Å². The molecule has 0 radical (unpaired) electrons. The number of carbonyl (C=O) groups excluding carboxylic acids is 2. The molecule has 34 heavy (non-hydrogen) atoms. The highest BCUT2D eigenvalue weighted by Crippen LogP contribution is 2.32. The molecule has 1 aromatic heterocycles. The maximum Gasteiger partial charge on any atom is 0.262 e. The van der Waals surface area contributed by atoms with Crippen LogP contribution in [-0.4, -0.2) is 48.0 Å². The molecule has 7 nitrogen and oxygen atoms in total. The van der Waals surface area contributed by atoms with E-state index in [9.17, 15) is 18.4 Å².